The van der Waals surface area contributed by atoms with Crippen molar-refractivity contribution in [2.75, 3.05) is 11.9 Å². The highest BCUT2D eigenvalue weighted by molar-refractivity contribution is 6.32. The van der Waals surface area contributed by atoms with Gasteiger partial charge in [0, 0.05) is 13.0 Å². The summed E-state index contributed by atoms with van der Waals surface area (Å²) in [6, 6.07) is 13.6. The maximum atomic E-state index is 12.9. The quantitative estimate of drug-likeness (QED) is 0.630. The van der Waals surface area contributed by atoms with Gasteiger partial charge in [-0.15, -0.1) is 0 Å². The molecule has 1 heterocycles. The second kappa shape index (κ2) is 8.67. The summed E-state index contributed by atoms with van der Waals surface area (Å²) < 4.78 is 39.5. The van der Waals surface area contributed by atoms with Crippen molar-refractivity contribution in [3.63, 3.8) is 0 Å². The summed E-state index contributed by atoms with van der Waals surface area (Å²) in [5.74, 6) is 0. The van der Waals surface area contributed by atoms with Crippen LogP contribution in [0.1, 0.15) is 11.1 Å². The minimum absolute atomic E-state index is 0.0533. The van der Waals surface area contributed by atoms with Crippen LogP contribution >= 0.6 is 11.6 Å². The third-order valence-corrected chi connectivity index (χ3v) is 4.54. The Morgan fingerprint density at radius 3 is 2.55 bits per heavy atom. The SMILES string of the molecule is O=c1c(Cl)c(NCC(O)Cc2ccccc2)cnn1-c1cccc(C(F)(F)F)c1. The van der Waals surface area contributed by atoms with Gasteiger partial charge in [0.05, 0.1) is 29.2 Å². The van der Waals surface area contributed by atoms with Crippen molar-refractivity contribution in [2.45, 2.75) is 18.7 Å². The molecule has 0 saturated heterocycles. The van der Waals surface area contributed by atoms with Gasteiger partial charge >= 0.3 is 6.18 Å². The molecular weight excluding hydrogens is 407 g/mol. The molecule has 0 aliphatic rings. The van der Waals surface area contributed by atoms with E-state index in [9.17, 15) is 23.1 Å². The second-order valence-electron chi connectivity index (χ2n) is 6.36. The highest BCUT2D eigenvalue weighted by atomic mass is 35.5. The van der Waals surface area contributed by atoms with Gasteiger partial charge < -0.3 is 10.4 Å². The molecule has 5 nitrogen and oxygen atoms in total. The summed E-state index contributed by atoms with van der Waals surface area (Å²) in [6.07, 6.45) is -3.64. The Kier molecular flexibility index (Phi) is 6.24. The van der Waals surface area contributed by atoms with Crippen LogP contribution in [0.3, 0.4) is 0 Å². The van der Waals surface area contributed by atoms with Crippen LogP contribution in [0.4, 0.5) is 18.9 Å². The van der Waals surface area contributed by atoms with Gasteiger partial charge in [-0.25, -0.2) is 0 Å². The average molecular weight is 424 g/mol. The molecule has 9 heteroatoms. The van der Waals surface area contributed by atoms with Gasteiger partial charge in [0.1, 0.15) is 5.02 Å². The van der Waals surface area contributed by atoms with E-state index in [0.29, 0.717) is 6.42 Å². The molecule has 0 fully saturated rings. The normalized spacial score (nSPS) is 12.6. The lowest BCUT2D eigenvalue weighted by Crippen LogP contribution is -2.26. The van der Waals surface area contributed by atoms with Gasteiger partial charge in [-0.05, 0) is 23.8 Å². The number of nitrogens with zero attached hydrogens (tertiary/aromatic N) is 2. The van der Waals surface area contributed by atoms with Crippen LogP contribution in [0.25, 0.3) is 5.69 Å². The van der Waals surface area contributed by atoms with Gasteiger partial charge in [-0.3, -0.25) is 4.79 Å². The molecule has 0 aliphatic heterocycles. The molecule has 0 amide bonds. The maximum absolute atomic E-state index is 12.9. The lowest BCUT2D eigenvalue weighted by atomic mass is 10.1. The van der Waals surface area contributed by atoms with E-state index in [1.54, 1.807) is 0 Å². The molecule has 1 atom stereocenters. The van der Waals surface area contributed by atoms with Crippen molar-refractivity contribution in [1.82, 2.24) is 9.78 Å². The molecule has 0 saturated carbocycles. The number of aliphatic hydroxyl groups is 1. The Morgan fingerprint density at radius 1 is 1.14 bits per heavy atom. The lowest BCUT2D eigenvalue weighted by molar-refractivity contribution is -0.137. The molecule has 29 heavy (non-hydrogen) atoms. The zero-order valence-electron chi connectivity index (χ0n) is 15.0. The zero-order chi connectivity index (χ0) is 21.0. The highest BCUT2D eigenvalue weighted by Gasteiger charge is 2.30. The number of nitrogens with one attached hydrogen (secondary N) is 1. The van der Waals surface area contributed by atoms with E-state index in [1.807, 2.05) is 30.3 Å². The predicted octanol–water partition coefficient (Wildman–Crippen LogP) is 3.92. The molecule has 0 bridgehead atoms. The number of aliphatic hydroxyl groups excluding tert-OH is 1. The molecule has 2 N–H and O–H groups in total. The molecule has 0 radical (unpaired) electrons. The van der Waals surface area contributed by atoms with Crippen molar-refractivity contribution in [1.29, 1.82) is 0 Å². The lowest BCUT2D eigenvalue weighted by Gasteiger charge is -2.15. The van der Waals surface area contributed by atoms with E-state index in [4.69, 9.17) is 11.6 Å². The molecule has 3 rings (SSSR count). The number of hydrogen-bond donors (Lipinski definition) is 2. The summed E-state index contributed by atoms with van der Waals surface area (Å²) in [5.41, 5.74) is -0.583. The fourth-order valence-corrected chi connectivity index (χ4v) is 2.94. The summed E-state index contributed by atoms with van der Waals surface area (Å²) in [6.45, 7) is 0.114. The van der Waals surface area contributed by atoms with Crippen LogP contribution in [-0.2, 0) is 12.6 Å². The van der Waals surface area contributed by atoms with E-state index in [0.717, 1.165) is 22.4 Å². The van der Waals surface area contributed by atoms with Gasteiger partial charge in [0.2, 0.25) is 0 Å². The second-order valence-corrected chi connectivity index (χ2v) is 6.74. The first kappa shape index (κ1) is 20.9. The number of alkyl halides is 3. The summed E-state index contributed by atoms with van der Waals surface area (Å²) in [4.78, 5) is 12.5. The Labute approximate surface area is 169 Å². The van der Waals surface area contributed by atoms with Crippen LogP contribution in [0.2, 0.25) is 5.02 Å². The topological polar surface area (TPSA) is 67.2 Å². The van der Waals surface area contributed by atoms with Crippen LogP contribution in [0.15, 0.2) is 65.6 Å². The third kappa shape index (κ3) is 5.16. The van der Waals surface area contributed by atoms with Crippen molar-refractivity contribution in [3.05, 3.63) is 87.3 Å². The van der Waals surface area contributed by atoms with Gasteiger partial charge in [0.25, 0.3) is 5.56 Å². The number of aromatic nitrogens is 2. The average Bonchev–Trinajstić information content (AvgIpc) is 2.69. The first-order chi connectivity index (χ1) is 13.8. The molecule has 1 aromatic heterocycles. The molecule has 1 unspecified atom stereocenters. The van der Waals surface area contributed by atoms with Crippen LogP contribution < -0.4 is 10.9 Å². The fraction of sp³-hybridized carbons (Fsp3) is 0.200. The minimum atomic E-state index is -4.54. The Bertz CT molecular complexity index is 1040. The van der Waals surface area contributed by atoms with Crippen molar-refractivity contribution in [3.8, 4) is 5.69 Å². The molecular formula is C20H17ClF3N3O2. The predicted molar refractivity (Wildman–Crippen MR) is 104 cm³/mol. The standard InChI is InChI=1S/C20H17ClF3N3O2/c21-18-17(25-11-16(28)9-13-5-2-1-3-6-13)12-26-27(19(18)29)15-8-4-7-14(10-15)20(22,23)24/h1-8,10,12,16,25,28H,9,11H2. The van der Waals surface area contributed by atoms with Crippen molar-refractivity contribution < 1.29 is 18.3 Å². The van der Waals surface area contributed by atoms with E-state index in [2.05, 4.69) is 10.4 Å². The molecule has 0 spiro atoms. The van der Waals surface area contributed by atoms with Gasteiger partial charge in [-0.2, -0.15) is 23.0 Å². The van der Waals surface area contributed by atoms with Gasteiger partial charge in [-0.1, -0.05) is 48.0 Å². The maximum Gasteiger partial charge on any atom is 0.416 e. The molecule has 0 aliphatic carbocycles. The smallest absolute Gasteiger partial charge is 0.391 e. The number of hydrogen-bond acceptors (Lipinski definition) is 4. The van der Waals surface area contributed by atoms with E-state index in [1.165, 1.54) is 18.3 Å². The molecule has 3 aromatic rings. The van der Waals surface area contributed by atoms with E-state index < -0.39 is 23.4 Å². The van der Waals surface area contributed by atoms with Crippen LogP contribution in [0, 0.1) is 0 Å². The number of rotatable bonds is 6. The summed E-state index contributed by atoms with van der Waals surface area (Å²) in [5, 5.41) is 16.7. The Morgan fingerprint density at radius 2 is 1.86 bits per heavy atom. The summed E-state index contributed by atoms with van der Waals surface area (Å²) in [7, 11) is 0. The van der Waals surface area contributed by atoms with Crippen molar-refractivity contribution >= 4 is 17.3 Å². The first-order valence-corrected chi connectivity index (χ1v) is 9.05. The van der Waals surface area contributed by atoms with E-state index in [-0.39, 0.29) is 22.9 Å². The Hall–Kier alpha value is -2.84. The monoisotopic (exact) mass is 423 g/mol. The van der Waals surface area contributed by atoms with Crippen LogP contribution in [-0.4, -0.2) is 27.5 Å². The Balaban J connectivity index is 1.75. The van der Waals surface area contributed by atoms with Crippen molar-refractivity contribution in [2.24, 2.45) is 0 Å². The number of benzene rings is 2. The van der Waals surface area contributed by atoms with Gasteiger partial charge in [0.15, 0.2) is 0 Å². The largest absolute Gasteiger partial charge is 0.416 e. The first-order valence-electron chi connectivity index (χ1n) is 8.67. The fourth-order valence-electron chi connectivity index (χ4n) is 2.74. The third-order valence-electron chi connectivity index (χ3n) is 4.18. The summed E-state index contributed by atoms with van der Waals surface area (Å²) >= 11 is 6.08. The minimum Gasteiger partial charge on any atom is -0.391 e. The zero-order valence-corrected chi connectivity index (χ0v) is 15.8. The highest BCUT2D eigenvalue weighted by Crippen LogP contribution is 2.30. The van der Waals surface area contributed by atoms with E-state index >= 15 is 0 Å². The molecule has 2 aromatic carbocycles. The van der Waals surface area contributed by atoms with Crippen LogP contribution in [0.5, 0.6) is 0 Å². The number of anilines is 1. The molecule has 152 valence electrons. The number of halogens is 4.